The minimum absolute atomic E-state index is 0.193. The number of anilines is 1. The first-order chi connectivity index (χ1) is 13.4. The van der Waals surface area contributed by atoms with E-state index in [2.05, 4.69) is 10.2 Å². The second kappa shape index (κ2) is 7.09. The molecule has 4 rings (SSSR count). The molecule has 7 heteroatoms. The molecule has 0 aliphatic rings. The Morgan fingerprint density at radius 3 is 2.32 bits per heavy atom. The number of pyridine rings is 1. The van der Waals surface area contributed by atoms with Crippen LogP contribution in [0.3, 0.4) is 0 Å². The molecule has 0 aliphatic heterocycles. The summed E-state index contributed by atoms with van der Waals surface area (Å²) >= 11 is 0. The van der Waals surface area contributed by atoms with Gasteiger partial charge in [-0.2, -0.15) is 0 Å². The van der Waals surface area contributed by atoms with E-state index in [-0.39, 0.29) is 11.4 Å². The molecule has 142 valence electrons. The Morgan fingerprint density at radius 2 is 1.61 bits per heavy atom. The number of hydrogen-bond donors (Lipinski definition) is 0. The minimum atomic E-state index is -3.79. The highest BCUT2D eigenvalue weighted by Crippen LogP contribution is 2.26. The average Bonchev–Trinajstić information content (AvgIpc) is 3.08. The third-order valence-electron chi connectivity index (χ3n) is 4.62. The Bertz CT molecular complexity index is 1220. The van der Waals surface area contributed by atoms with Crippen LogP contribution >= 0.6 is 0 Å². The van der Waals surface area contributed by atoms with Crippen LogP contribution in [-0.2, 0) is 16.6 Å². The van der Waals surface area contributed by atoms with Crippen LogP contribution in [-0.4, -0.2) is 23.0 Å². The molecule has 0 atom stereocenters. The first kappa shape index (κ1) is 18.2. The molecule has 0 unspecified atom stereocenters. The zero-order valence-corrected chi connectivity index (χ0v) is 16.5. The molecule has 0 amide bonds. The van der Waals surface area contributed by atoms with E-state index in [0.29, 0.717) is 17.2 Å². The highest BCUT2D eigenvalue weighted by Gasteiger charge is 2.26. The quantitative estimate of drug-likeness (QED) is 0.519. The van der Waals surface area contributed by atoms with E-state index in [1.54, 1.807) is 41.8 Å². The van der Waals surface area contributed by atoms with Crippen LogP contribution in [0.2, 0.25) is 0 Å². The van der Waals surface area contributed by atoms with Crippen molar-refractivity contribution in [1.29, 1.82) is 0 Å². The monoisotopic (exact) mass is 392 g/mol. The van der Waals surface area contributed by atoms with Crippen LogP contribution < -0.4 is 4.31 Å². The number of rotatable bonds is 5. The molecular weight excluding hydrogens is 372 g/mol. The van der Waals surface area contributed by atoms with Gasteiger partial charge in [0.05, 0.1) is 12.2 Å². The summed E-state index contributed by atoms with van der Waals surface area (Å²) in [6.07, 6.45) is 1.57. The number of sulfonamides is 1. The predicted octanol–water partition coefficient (Wildman–Crippen LogP) is 3.74. The molecule has 0 bridgehead atoms. The van der Waals surface area contributed by atoms with E-state index in [1.807, 2.05) is 49.4 Å². The molecule has 0 radical (unpaired) electrons. The van der Waals surface area contributed by atoms with E-state index in [4.69, 9.17) is 0 Å². The van der Waals surface area contributed by atoms with Gasteiger partial charge < -0.3 is 0 Å². The molecule has 28 heavy (non-hydrogen) atoms. The standard InChI is InChI=1S/C21H20N4O2S/c1-16-8-10-18(11-9-16)14-25(19-6-4-3-5-7-19)28(26,27)20-12-13-21-23-22-17(2)24(21)15-20/h3-13,15H,14H2,1-2H3. The summed E-state index contributed by atoms with van der Waals surface area (Å²) in [5.74, 6) is 0.636. The molecule has 2 aromatic carbocycles. The van der Waals surface area contributed by atoms with Crippen molar-refractivity contribution in [3.8, 4) is 0 Å². The van der Waals surface area contributed by atoms with Gasteiger partial charge in [-0.1, -0.05) is 48.0 Å². The summed E-state index contributed by atoms with van der Waals surface area (Å²) in [7, 11) is -3.79. The van der Waals surface area contributed by atoms with E-state index < -0.39 is 10.0 Å². The summed E-state index contributed by atoms with van der Waals surface area (Å²) in [6.45, 7) is 4.04. The largest absolute Gasteiger partial charge is 0.285 e. The number of fused-ring (bicyclic) bond motifs is 1. The molecular formula is C21H20N4O2S. The summed E-state index contributed by atoms with van der Waals surface area (Å²) in [5, 5.41) is 8.03. The highest BCUT2D eigenvalue weighted by molar-refractivity contribution is 7.92. The number of hydrogen-bond acceptors (Lipinski definition) is 4. The Morgan fingerprint density at radius 1 is 0.893 bits per heavy atom. The summed E-state index contributed by atoms with van der Waals surface area (Å²) in [4.78, 5) is 0.193. The van der Waals surface area contributed by atoms with E-state index in [0.717, 1.165) is 11.1 Å². The fraction of sp³-hybridized carbons (Fsp3) is 0.143. The van der Waals surface area contributed by atoms with Gasteiger partial charge >= 0.3 is 0 Å². The zero-order valence-electron chi connectivity index (χ0n) is 15.6. The molecule has 0 saturated heterocycles. The van der Waals surface area contributed by atoms with Crippen LogP contribution in [0.15, 0.2) is 77.8 Å². The lowest BCUT2D eigenvalue weighted by Gasteiger charge is -2.25. The average molecular weight is 392 g/mol. The maximum atomic E-state index is 13.6. The Balaban J connectivity index is 1.81. The van der Waals surface area contributed by atoms with E-state index >= 15 is 0 Å². The van der Waals surface area contributed by atoms with Crippen molar-refractivity contribution in [2.45, 2.75) is 25.3 Å². The van der Waals surface area contributed by atoms with Gasteiger partial charge in [0.2, 0.25) is 0 Å². The molecule has 0 aliphatic carbocycles. The van der Waals surface area contributed by atoms with Gasteiger partial charge in [-0.15, -0.1) is 10.2 Å². The molecule has 2 aromatic heterocycles. The summed E-state index contributed by atoms with van der Waals surface area (Å²) in [6, 6.07) is 20.2. The van der Waals surface area contributed by atoms with Crippen LogP contribution in [0.5, 0.6) is 0 Å². The van der Waals surface area contributed by atoms with Gasteiger partial charge in [0.15, 0.2) is 5.65 Å². The molecule has 0 fully saturated rings. The lowest BCUT2D eigenvalue weighted by molar-refractivity contribution is 0.590. The van der Waals surface area contributed by atoms with Crippen LogP contribution in [0.25, 0.3) is 5.65 Å². The van der Waals surface area contributed by atoms with Gasteiger partial charge in [0.25, 0.3) is 10.0 Å². The topological polar surface area (TPSA) is 67.6 Å². The second-order valence-corrected chi connectivity index (χ2v) is 8.54. The highest BCUT2D eigenvalue weighted by atomic mass is 32.2. The lowest BCUT2D eigenvalue weighted by atomic mass is 10.1. The fourth-order valence-corrected chi connectivity index (χ4v) is 4.49. The van der Waals surface area contributed by atoms with Crippen LogP contribution in [0, 0.1) is 13.8 Å². The summed E-state index contributed by atoms with van der Waals surface area (Å²) < 4.78 is 30.2. The first-order valence-corrected chi connectivity index (χ1v) is 10.3. The van der Waals surface area contributed by atoms with Gasteiger partial charge in [-0.3, -0.25) is 8.71 Å². The number of aryl methyl sites for hydroxylation is 2. The maximum absolute atomic E-state index is 13.6. The SMILES string of the molecule is Cc1ccc(CN(c2ccccc2)S(=O)(=O)c2ccc3nnc(C)n3c2)cc1. The smallest absolute Gasteiger partial charge is 0.266 e. The molecule has 4 aromatic rings. The van der Waals surface area contributed by atoms with Crippen molar-refractivity contribution in [2.75, 3.05) is 4.31 Å². The fourth-order valence-electron chi connectivity index (χ4n) is 3.03. The Hall–Kier alpha value is -3.19. The van der Waals surface area contributed by atoms with Crippen molar-refractivity contribution in [3.63, 3.8) is 0 Å². The lowest BCUT2D eigenvalue weighted by Crippen LogP contribution is -2.30. The summed E-state index contributed by atoms with van der Waals surface area (Å²) in [5.41, 5.74) is 3.27. The van der Waals surface area contributed by atoms with Crippen molar-refractivity contribution in [1.82, 2.24) is 14.6 Å². The number of benzene rings is 2. The third kappa shape index (κ3) is 3.36. The number of para-hydroxylation sites is 1. The van der Waals surface area contributed by atoms with E-state index in [9.17, 15) is 8.42 Å². The van der Waals surface area contributed by atoms with E-state index in [1.165, 1.54) is 4.31 Å². The third-order valence-corrected chi connectivity index (χ3v) is 6.38. The molecule has 0 N–H and O–H groups in total. The zero-order chi connectivity index (χ0) is 19.7. The van der Waals surface area contributed by atoms with Crippen molar-refractivity contribution in [2.24, 2.45) is 0 Å². The second-order valence-electron chi connectivity index (χ2n) is 6.67. The van der Waals surface area contributed by atoms with Gasteiger partial charge in [0, 0.05) is 6.20 Å². The van der Waals surface area contributed by atoms with Crippen molar-refractivity contribution in [3.05, 3.63) is 89.9 Å². The maximum Gasteiger partial charge on any atom is 0.266 e. The number of aromatic nitrogens is 3. The van der Waals surface area contributed by atoms with Crippen LogP contribution in [0.1, 0.15) is 17.0 Å². The molecule has 2 heterocycles. The molecule has 0 spiro atoms. The first-order valence-electron chi connectivity index (χ1n) is 8.90. The van der Waals surface area contributed by atoms with Gasteiger partial charge in [0.1, 0.15) is 10.7 Å². The number of nitrogens with zero attached hydrogens (tertiary/aromatic N) is 4. The molecule has 6 nitrogen and oxygen atoms in total. The molecule has 0 saturated carbocycles. The predicted molar refractivity (Wildman–Crippen MR) is 109 cm³/mol. The minimum Gasteiger partial charge on any atom is -0.285 e. The Kier molecular flexibility index (Phi) is 4.60. The van der Waals surface area contributed by atoms with Crippen molar-refractivity contribution < 1.29 is 8.42 Å². The normalized spacial score (nSPS) is 11.6. The van der Waals surface area contributed by atoms with Gasteiger partial charge in [-0.05, 0) is 43.7 Å². The van der Waals surface area contributed by atoms with Crippen molar-refractivity contribution >= 4 is 21.4 Å². The van der Waals surface area contributed by atoms with Gasteiger partial charge in [-0.25, -0.2) is 8.42 Å². The Labute approximate surface area is 164 Å². The van der Waals surface area contributed by atoms with Crippen LogP contribution in [0.4, 0.5) is 5.69 Å².